The van der Waals surface area contributed by atoms with E-state index in [2.05, 4.69) is 5.32 Å². The average molecular weight is 261 g/mol. The lowest BCUT2D eigenvalue weighted by atomic mass is 10.2. The Bertz CT molecular complexity index is 394. The van der Waals surface area contributed by atoms with Crippen LogP contribution in [-0.4, -0.2) is 30.9 Å². The predicted molar refractivity (Wildman–Crippen MR) is 68.2 cm³/mol. The lowest BCUT2D eigenvalue weighted by molar-refractivity contribution is -0.129. The van der Waals surface area contributed by atoms with Crippen molar-refractivity contribution in [1.82, 2.24) is 4.90 Å². The lowest BCUT2D eigenvalue weighted by Gasteiger charge is -2.19. The number of carbonyl (C=O) groups excluding carboxylic acids is 1. The van der Waals surface area contributed by atoms with E-state index in [1.807, 2.05) is 0 Å². The highest BCUT2D eigenvalue weighted by molar-refractivity contribution is 6.43. The van der Waals surface area contributed by atoms with Gasteiger partial charge < -0.3 is 10.2 Å². The van der Waals surface area contributed by atoms with E-state index in [9.17, 15) is 4.79 Å². The van der Waals surface area contributed by atoms with Crippen molar-refractivity contribution < 1.29 is 4.79 Å². The molecule has 1 unspecified atom stereocenters. The van der Waals surface area contributed by atoms with Crippen LogP contribution in [0.25, 0.3) is 0 Å². The van der Waals surface area contributed by atoms with Crippen molar-refractivity contribution in [3.8, 4) is 0 Å². The minimum atomic E-state index is -0.342. The monoisotopic (exact) mass is 260 g/mol. The molecule has 0 bridgehead atoms. The number of rotatable bonds is 3. The molecule has 0 aliphatic carbocycles. The number of anilines is 1. The molecule has 1 amide bonds. The Balaban J connectivity index is 2.81. The molecule has 0 radical (unpaired) electrons. The SMILES string of the molecule is CC(Nc1cccc(Cl)c1Cl)C(=O)N(C)C. The van der Waals surface area contributed by atoms with Gasteiger partial charge in [0.1, 0.15) is 6.04 Å². The van der Waals surface area contributed by atoms with Gasteiger partial charge >= 0.3 is 0 Å². The van der Waals surface area contributed by atoms with Crippen molar-refractivity contribution in [2.45, 2.75) is 13.0 Å². The first-order valence-corrected chi connectivity index (χ1v) is 5.60. The highest BCUT2D eigenvalue weighted by Crippen LogP contribution is 2.29. The first kappa shape index (κ1) is 13.1. The highest BCUT2D eigenvalue weighted by Gasteiger charge is 2.15. The van der Waals surface area contributed by atoms with Crippen molar-refractivity contribution in [1.29, 1.82) is 0 Å². The zero-order chi connectivity index (χ0) is 12.3. The van der Waals surface area contributed by atoms with E-state index in [0.717, 1.165) is 0 Å². The first-order chi connectivity index (χ1) is 7.43. The van der Waals surface area contributed by atoms with Crippen molar-refractivity contribution in [3.63, 3.8) is 0 Å². The van der Waals surface area contributed by atoms with Crippen LogP contribution in [-0.2, 0) is 4.79 Å². The normalized spacial score (nSPS) is 12.1. The van der Waals surface area contributed by atoms with Crippen LogP contribution in [0, 0.1) is 0 Å². The summed E-state index contributed by atoms with van der Waals surface area (Å²) in [5, 5.41) is 3.93. The smallest absolute Gasteiger partial charge is 0.244 e. The molecule has 0 aromatic heterocycles. The number of halogens is 2. The number of likely N-dealkylation sites (N-methyl/N-ethyl adjacent to an activating group) is 1. The zero-order valence-electron chi connectivity index (χ0n) is 9.42. The third kappa shape index (κ3) is 3.03. The minimum absolute atomic E-state index is 0.0176. The fourth-order valence-electron chi connectivity index (χ4n) is 1.30. The quantitative estimate of drug-likeness (QED) is 0.907. The third-order valence-electron chi connectivity index (χ3n) is 2.13. The topological polar surface area (TPSA) is 32.3 Å². The van der Waals surface area contributed by atoms with Crippen molar-refractivity contribution in [2.75, 3.05) is 19.4 Å². The van der Waals surface area contributed by atoms with E-state index >= 15 is 0 Å². The molecular formula is C11H14Cl2N2O. The molecule has 1 aromatic rings. The maximum Gasteiger partial charge on any atom is 0.244 e. The number of amides is 1. The van der Waals surface area contributed by atoms with Crippen LogP contribution in [0.15, 0.2) is 18.2 Å². The van der Waals surface area contributed by atoms with Crippen LogP contribution >= 0.6 is 23.2 Å². The molecule has 1 atom stereocenters. The van der Waals surface area contributed by atoms with Gasteiger partial charge in [0.25, 0.3) is 0 Å². The summed E-state index contributed by atoms with van der Waals surface area (Å²) < 4.78 is 0. The number of hydrogen-bond acceptors (Lipinski definition) is 2. The molecule has 16 heavy (non-hydrogen) atoms. The van der Waals surface area contributed by atoms with E-state index in [-0.39, 0.29) is 11.9 Å². The number of nitrogens with one attached hydrogen (secondary N) is 1. The Hall–Kier alpha value is -0.930. The molecular weight excluding hydrogens is 247 g/mol. The van der Waals surface area contributed by atoms with E-state index in [4.69, 9.17) is 23.2 Å². The summed E-state index contributed by atoms with van der Waals surface area (Å²) in [5.74, 6) is -0.0176. The van der Waals surface area contributed by atoms with Gasteiger partial charge in [-0.3, -0.25) is 4.79 Å². The van der Waals surface area contributed by atoms with Crippen molar-refractivity contribution in [2.24, 2.45) is 0 Å². The maximum atomic E-state index is 11.6. The Morgan fingerprint density at radius 1 is 1.38 bits per heavy atom. The molecule has 5 heteroatoms. The van der Waals surface area contributed by atoms with Crippen LogP contribution in [0.4, 0.5) is 5.69 Å². The molecule has 0 aliphatic rings. The summed E-state index contributed by atoms with van der Waals surface area (Å²) in [4.78, 5) is 13.2. The average Bonchev–Trinajstić information content (AvgIpc) is 2.23. The second kappa shape index (κ2) is 5.41. The highest BCUT2D eigenvalue weighted by atomic mass is 35.5. The fourth-order valence-corrected chi connectivity index (χ4v) is 1.65. The van der Waals surface area contributed by atoms with Gasteiger partial charge in [0, 0.05) is 14.1 Å². The first-order valence-electron chi connectivity index (χ1n) is 4.85. The van der Waals surface area contributed by atoms with Crippen LogP contribution < -0.4 is 5.32 Å². The number of hydrogen-bond donors (Lipinski definition) is 1. The van der Waals surface area contributed by atoms with E-state index in [1.54, 1.807) is 39.2 Å². The number of nitrogens with zero attached hydrogens (tertiary/aromatic N) is 1. The fraction of sp³-hybridized carbons (Fsp3) is 0.364. The molecule has 3 nitrogen and oxygen atoms in total. The maximum absolute atomic E-state index is 11.6. The van der Waals surface area contributed by atoms with E-state index in [0.29, 0.717) is 15.7 Å². The molecule has 0 saturated heterocycles. The molecule has 88 valence electrons. The van der Waals surface area contributed by atoms with Gasteiger partial charge in [0.2, 0.25) is 5.91 Å². The summed E-state index contributed by atoms with van der Waals surface area (Å²) in [6, 6.07) is 4.93. The van der Waals surface area contributed by atoms with Crippen LogP contribution in [0.1, 0.15) is 6.92 Å². The summed E-state index contributed by atoms with van der Waals surface area (Å²) in [6.45, 7) is 1.78. The van der Waals surface area contributed by atoms with Crippen LogP contribution in [0.2, 0.25) is 10.0 Å². The van der Waals surface area contributed by atoms with Crippen molar-refractivity contribution in [3.05, 3.63) is 28.2 Å². The number of benzene rings is 1. The Kier molecular flexibility index (Phi) is 4.44. The Labute approximate surface area is 105 Å². The summed E-state index contributed by atoms with van der Waals surface area (Å²) in [5.41, 5.74) is 0.664. The number of carbonyl (C=O) groups is 1. The summed E-state index contributed by atoms with van der Waals surface area (Å²) >= 11 is 11.9. The Morgan fingerprint density at radius 2 is 2.00 bits per heavy atom. The van der Waals surface area contributed by atoms with E-state index < -0.39 is 0 Å². The van der Waals surface area contributed by atoms with Gasteiger partial charge in [-0.15, -0.1) is 0 Å². The third-order valence-corrected chi connectivity index (χ3v) is 2.95. The van der Waals surface area contributed by atoms with Gasteiger partial charge in [-0.1, -0.05) is 29.3 Å². The van der Waals surface area contributed by atoms with Crippen molar-refractivity contribution >= 4 is 34.8 Å². The predicted octanol–water partition coefficient (Wildman–Crippen LogP) is 2.88. The van der Waals surface area contributed by atoms with Gasteiger partial charge in [-0.2, -0.15) is 0 Å². The second-order valence-electron chi connectivity index (χ2n) is 3.70. The molecule has 0 saturated carbocycles. The van der Waals surface area contributed by atoms with Crippen LogP contribution in [0.5, 0.6) is 0 Å². The molecule has 1 N–H and O–H groups in total. The van der Waals surface area contributed by atoms with Gasteiger partial charge in [0.05, 0.1) is 15.7 Å². The second-order valence-corrected chi connectivity index (χ2v) is 4.49. The standard InChI is InChI=1S/C11H14Cl2N2O/c1-7(11(16)15(2)3)14-9-6-4-5-8(12)10(9)13/h4-7,14H,1-3H3. The van der Waals surface area contributed by atoms with E-state index in [1.165, 1.54) is 4.90 Å². The largest absolute Gasteiger partial charge is 0.373 e. The molecule has 1 rings (SSSR count). The molecule has 0 aliphatic heterocycles. The minimum Gasteiger partial charge on any atom is -0.373 e. The van der Waals surface area contributed by atoms with Gasteiger partial charge in [0.15, 0.2) is 0 Å². The molecule has 0 fully saturated rings. The summed E-state index contributed by atoms with van der Waals surface area (Å²) in [7, 11) is 3.42. The summed E-state index contributed by atoms with van der Waals surface area (Å²) in [6.07, 6.45) is 0. The van der Waals surface area contributed by atoms with Gasteiger partial charge in [-0.05, 0) is 19.1 Å². The van der Waals surface area contributed by atoms with Crippen LogP contribution in [0.3, 0.4) is 0 Å². The molecule has 0 spiro atoms. The molecule has 0 heterocycles. The molecule has 1 aromatic carbocycles. The zero-order valence-corrected chi connectivity index (χ0v) is 10.9. The lowest BCUT2D eigenvalue weighted by Crippen LogP contribution is -2.36. The van der Waals surface area contributed by atoms with Gasteiger partial charge in [-0.25, -0.2) is 0 Å². The Morgan fingerprint density at radius 3 is 2.56 bits per heavy atom.